The zero-order chi connectivity index (χ0) is 50.0. The Balaban J connectivity index is 1.36. The molecule has 8 rings (SSSR count). The van der Waals surface area contributed by atoms with Crippen molar-refractivity contribution in [2.45, 2.75) is 68.3 Å². The molecule has 3 heterocycles. The Bertz CT molecular complexity index is 3220. The SMILES string of the molecule is COc1ccc(CN(Cc2ccc(OC)cc2)S(=O)(=O)c2c(S(=O)(=O)NC3CCN(C(=O)OC(C)(C)C)C3)ccc(-c3cccc4nc(C(N)=O)[nH]c34)c2-c2nnn(Cc3ccc(OC)cc3)n2)cc1. The Morgan fingerprint density at radius 2 is 1.39 bits per heavy atom. The van der Waals surface area contributed by atoms with Gasteiger partial charge in [0, 0.05) is 37.8 Å². The molecule has 70 heavy (non-hydrogen) atoms. The molecule has 1 fully saturated rings. The fourth-order valence-corrected chi connectivity index (χ4v) is 11.7. The van der Waals surface area contributed by atoms with Crippen LogP contribution in [0.1, 0.15) is 54.5 Å². The number of benzene rings is 5. The Morgan fingerprint density at radius 3 is 1.94 bits per heavy atom. The molecule has 1 atom stereocenters. The molecule has 366 valence electrons. The van der Waals surface area contributed by atoms with Crippen molar-refractivity contribution in [1.29, 1.82) is 0 Å². The number of rotatable bonds is 17. The van der Waals surface area contributed by atoms with Crippen LogP contribution in [0.15, 0.2) is 113 Å². The van der Waals surface area contributed by atoms with Gasteiger partial charge in [-0.1, -0.05) is 54.6 Å². The predicted molar refractivity (Wildman–Crippen MR) is 258 cm³/mol. The molecular formula is C48H52N10O10S2. The number of tetrazole rings is 1. The van der Waals surface area contributed by atoms with E-state index in [1.807, 2.05) is 0 Å². The van der Waals surface area contributed by atoms with Gasteiger partial charge >= 0.3 is 6.09 Å². The fraction of sp³-hybridized carbons (Fsp3) is 0.292. The molecule has 1 aliphatic rings. The van der Waals surface area contributed by atoms with Gasteiger partial charge in [0.2, 0.25) is 25.9 Å². The Morgan fingerprint density at radius 1 is 0.800 bits per heavy atom. The average Bonchev–Trinajstić information content (AvgIpc) is 4.12. The zero-order valence-electron chi connectivity index (χ0n) is 39.2. The van der Waals surface area contributed by atoms with Gasteiger partial charge in [0.1, 0.15) is 32.6 Å². The van der Waals surface area contributed by atoms with Crippen LogP contribution in [0.4, 0.5) is 4.79 Å². The van der Waals surface area contributed by atoms with E-state index < -0.39 is 53.5 Å². The van der Waals surface area contributed by atoms with E-state index in [1.165, 1.54) is 40.4 Å². The first-order valence-electron chi connectivity index (χ1n) is 22.0. The standard InChI is InChI=1S/C48H52N10O10S2/c1-48(2,3)68-47(60)56-25-24-33(29-56)54-69(61,62)40-23-22-37(38-8-7-9-39-42(38)51-46(50-39)44(49)59)41(45-52-55-58(53-45)28-32-14-20-36(67-6)21-15-32)43(40)70(63,64)57(26-30-10-16-34(65-4)17-11-30)27-31-12-18-35(66-5)19-13-31/h7-23,33,54H,24-29H2,1-6H3,(H2,49,59)(H,50,51). The molecule has 5 aromatic carbocycles. The van der Waals surface area contributed by atoms with Crippen LogP contribution in [-0.4, -0.2) is 114 Å². The first-order chi connectivity index (χ1) is 33.3. The number of carbonyl (C=O) groups excluding carboxylic acids is 2. The summed E-state index contributed by atoms with van der Waals surface area (Å²) in [5.74, 6) is 0.458. The third-order valence-electron chi connectivity index (χ3n) is 11.4. The lowest BCUT2D eigenvalue weighted by molar-refractivity contribution is 0.0291. The zero-order valence-corrected chi connectivity index (χ0v) is 40.9. The number of likely N-dealkylation sites (tertiary alicyclic amines) is 1. The molecule has 0 saturated carbocycles. The minimum absolute atomic E-state index is 0.0481. The van der Waals surface area contributed by atoms with Crippen molar-refractivity contribution >= 4 is 43.1 Å². The van der Waals surface area contributed by atoms with Crippen LogP contribution >= 0.6 is 0 Å². The number of nitrogens with one attached hydrogen (secondary N) is 2. The maximum atomic E-state index is 16.2. The smallest absolute Gasteiger partial charge is 0.410 e. The third-order valence-corrected chi connectivity index (χ3v) is 15.0. The van der Waals surface area contributed by atoms with Gasteiger partial charge in [-0.3, -0.25) is 4.79 Å². The summed E-state index contributed by atoms with van der Waals surface area (Å²) < 4.78 is 88.3. The number of aromatic nitrogens is 6. The molecular weight excluding hydrogens is 941 g/mol. The molecule has 0 aliphatic carbocycles. The van der Waals surface area contributed by atoms with Crippen LogP contribution in [0.3, 0.4) is 0 Å². The largest absolute Gasteiger partial charge is 0.497 e. The number of primary amides is 1. The number of carbonyl (C=O) groups is 2. The summed E-state index contributed by atoms with van der Waals surface area (Å²) in [5, 5.41) is 13.5. The molecule has 4 N–H and O–H groups in total. The summed E-state index contributed by atoms with van der Waals surface area (Å²) in [7, 11) is -5.25. The van der Waals surface area contributed by atoms with E-state index in [4.69, 9.17) is 29.8 Å². The predicted octanol–water partition coefficient (Wildman–Crippen LogP) is 5.74. The molecule has 0 radical (unpaired) electrons. The minimum atomic E-state index is -5.01. The van der Waals surface area contributed by atoms with Crippen molar-refractivity contribution in [2.75, 3.05) is 34.4 Å². The van der Waals surface area contributed by atoms with Gasteiger partial charge < -0.3 is 34.6 Å². The molecule has 22 heteroatoms. The summed E-state index contributed by atoms with van der Waals surface area (Å²) in [6, 6.07) is 27.5. The van der Waals surface area contributed by atoms with Gasteiger partial charge in [-0.25, -0.2) is 31.3 Å². The summed E-state index contributed by atoms with van der Waals surface area (Å²) in [5.41, 5.74) is 7.56. The number of hydrogen-bond donors (Lipinski definition) is 3. The van der Waals surface area contributed by atoms with Crippen LogP contribution in [-0.2, 0) is 44.4 Å². The Kier molecular flexibility index (Phi) is 13.9. The number of fused-ring (bicyclic) bond motifs is 1. The van der Waals surface area contributed by atoms with Crippen LogP contribution in [0, 0.1) is 0 Å². The Labute approximate surface area is 404 Å². The first-order valence-corrected chi connectivity index (χ1v) is 24.9. The van der Waals surface area contributed by atoms with E-state index in [0.29, 0.717) is 45.0 Å². The third kappa shape index (κ3) is 10.7. The van der Waals surface area contributed by atoms with Gasteiger partial charge in [0.05, 0.1) is 44.5 Å². The van der Waals surface area contributed by atoms with E-state index in [0.717, 1.165) is 5.56 Å². The molecule has 7 aromatic rings. The van der Waals surface area contributed by atoms with Crippen molar-refractivity contribution in [3.8, 4) is 39.8 Å². The molecule has 1 aliphatic heterocycles. The highest BCUT2D eigenvalue weighted by Gasteiger charge is 2.40. The van der Waals surface area contributed by atoms with Crippen molar-refractivity contribution in [3.05, 3.63) is 126 Å². The number of nitrogens with two attached hydrogens (primary N) is 1. The second-order valence-corrected chi connectivity index (χ2v) is 21.0. The number of hydrogen-bond acceptors (Lipinski definition) is 14. The number of para-hydroxylation sites is 1. The normalized spacial score (nSPS) is 14.3. The monoisotopic (exact) mass is 992 g/mol. The van der Waals surface area contributed by atoms with Crippen molar-refractivity contribution < 1.29 is 45.4 Å². The quantitative estimate of drug-likeness (QED) is 0.0985. The lowest BCUT2D eigenvalue weighted by Crippen LogP contribution is -2.41. The van der Waals surface area contributed by atoms with Crippen molar-refractivity contribution in [1.82, 2.24) is 44.1 Å². The number of H-pyrrole nitrogens is 1. The maximum absolute atomic E-state index is 16.2. The van der Waals surface area contributed by atoms with Gasteiger partial charge in [-0.05, 0) is 103 Å². The van der Waals surface area contributed by atoms with E-state index in [-0.39, 0.29) is 61.9 Å². The van der Waals surface area contributed by atoms with Crippen molar-refractivity contribution in [2.24, 2.45) is 5.73 Å². The summed E-state index contributed by atoms with van der Waals surface area (Å²) in [6.07, 6.45) is -0.411. The Hall–Kier alpha value is -7.40. The average molecular weight is 993 g/mol. The van der Waals surface area contributed by atoms with Gasteiger partial charge in [-0.15, -0.1) is 10.2 Å². The number of ether oxygens (including phenoxy) is 4. The van der Waals surface area contributed by atoms with E-state index in [2.05, 4.69) is 25.0 Å². The molecule has 0 spiro atoms. The van der Waals surface area contributed by atoms with Crippen molar-refractivity contribution in [3.63, 3.8) is 0 Å². The lowest BCUT2D eigenvalue weighted by atomic mass is 9.98. The van der Waals surface area contributed by atoms with Crippen LogP contribution in [0.5, 0.6) is 17.2 Å². The molecule has 1 unspecified atom stereocenters. The summed E-state index contributed by atoms with van der Waals surface area (Å²) >= 11 is 0. The van der Waals surface area contributed by atoms with Crippen LogP contribution in [0.25, 0.3) is 33.5 Å². The molecule has 2 aromatic heterocycles. The molecule has 20 nitrogen and oxygen atoms in total. The summed E-state index contributed by atoms with van der Waals surface area (Å²) in [4.78, 5) is 34.2. The second-order valence-electron chi connectivity index (χ2n) is 17.5. The molecule has 0 bridgehead atoms. The fourth-order valence-electron chi connectivity index (χ4n) is 8.01. The number of imidazole rings is 1. The number of methoxy groups -OCH3 is 3. The number of aromatic amines is 1. The topological polar surface area (TPSA) is 256 Å². The molecule has 1 saturated heterocycles. The van der Waals surface area contributed by atoms with E-state index in [1.54, 1.807) is 119 Å². The highest BCUT2D eigenvalue weighted by molar-refractivity contribution is 7.92. The van der Waals surface area contributed by atoms with Crippen LogP contribution in [0.2, 0.25) is 0 Å². The minimum Gasteiger partial charge on any atom is -0.497 e. The number of sulfonamides is 2. The van der Waals surface area contributed by atoms with Gasteiger partial charge in [0.25, 0.3) is 5.91 Å². The number of nitrogens with zero attached hydrogens (tertiary/aromatic N) is 7. The molecule has 2 amide bonds. The number of amides is 2. The highest BCUT2D eigenvalue weighted by Crippen LogP contribution is 2.43. The van der Waals surface area contributed by atoms with Gasteiger partial charge in [0.15, 0.2) is 5.82 Å². The van der Waals surface area contributed by atoms with E-state index in [9.17, 15) is 9.59 Å². The first kappa shape index (κ1) is 49.0. The van der Waals surface area contributed by atoms with Crippen LogP contribution < -0.4 is 24.7 Å². The highest BCUT2D eigenvalue weighted by atomic mass is 32.2. The second kappa shape index (κ2) is 19.9. The maximum Gasteiger partial charge on any atom is 0.410 e. The lowest BCUT2D eigenvalue weighted by Gasteiger charge is -2.27. The van der Waals surface area contributed by atoms with E-state index >= 15 is 16.8 Å². The summed E-state index contributed by atoms with van der Waals surface area (Å²) in [6.45, 7) is 4.93. The van der Waals surface area contributed by atoms with Gasteiger partial charge in [-0.2, -0.15) is 9.10 Å².